The predicted molar refractivity (Wildman–Crippen MR) is 116 cm³/mol. The van der Waals surface area contributed by atoms with Gasteiger partial charge in [-0.05, 0) is 24.3 Å². The maximum Gasteiger partial charge on any atom is 0.416 e. The highest BCUT2D eigenvalue weighted by molar-refractivity contribution is 6.08. The van der Waals surface area contributed by atoms with E-state index in [4.69, 9.17) is 9.47 Å². The van der Waals surface area contributed by atoms with Crippen molar-refractivity contribution in [1.29, 1.82) is 0 Å². The number of nitrogens with zero attached hydrogens (tertiary/aromatic N) is 3. The van der Waals surface area contributed by atoms with Gasteiger partial charge in [-0.25, -0.2) is 4.98 Å². The summed E-state index contributed by atoms with van der Waals surface area (Å²) in [4.78, 5) is 19.1. The topological polar surface area (TPSA) is 68.6 Å². The van der Waals surface area contributed by atoms with E-state index < -0.39 is 11.7 Å². The summed E-state index contributed by atoms with van der Waals surface area (Å²) >= 11 is 0. The number of alkyl halides is 3. The molecule has 0 unspecified atom stereocenters. The fourth-order valence-electron chi connectivity index (χ4n) is 3.62. The highest BCUT2D eigenvalue weighted by Crippen LogP contribution is 2.37. The lowest BCUT2D eigenvalue weighted by Gasteiger charge is -2.27. The Balaban J connectivity index is 0.00000289. The molecule has 1 aliphatic heterocycles. The highest BCUT2D eigenvalue weighted by atomic mass is 35.5. The zero-order chi connectivity index (χ0) is 22.2. The first-order chi connectivity index (χ1) is 14.8. The molecule has 0 bridgehead atoms. The monoisotopic (exact) mass is 470 g/mol. The maximum atomic E-state index is 13.2. The number of hydrogen-bond acceptors (Lipinski definition) is 5. The van der Waals surface area contributed by atoms with Gasteiger partial charge in [-0.3, -0.25) is 4.79 Å². The summed E-state index contributed by atoms with van der Waals surface area (Å²) in [5.41, 5.74) is 0.382. The number of carbonyl (C=O) groups excluding carboxylic acids is 1. The van der Waals surface area contributed by atoms with Crippen molar-refractivity contribution in [2.45, 2.75) is 6.18 Å². The standard InChI is InChI=1S/C21H21F3N4O3.ClH/c1-27-6-5-14-18(27)15(20(29)28-7-9-31-10-8-28)12-25-19(14)26-16-11-13(21(22,23)24)3-4-17(16)30-2;/h3-6,11-12H,7-10H2,1-2H3,(H,25,26);1H. The third-order valence-electron chi connectivity index (χ3n) is 5.21. The first kappa shape index (κ1) is 23.7. The van der Waals surface area contributed by atoms with Crippen molar-refractivity contribution in [3.63, 3.8) is 0 Å². The molecule has 7 nitrogen and oxygen atoms in total. The second-order valence-corrected chi connectivity index (χ2v) is 7.15. The highest BCUT2D eigenvalue weighted by Gasteiger charge is 2.31. The molecule has 1 aromatic carbocycles. The second-order valence-electron chi connectivity index (χ2n) is 7.15. The van der Waals surface area contributed by atoms with Gasteiger partial charge >= 0.3 is 6.18 Å². The number of fused-ring (bicyclic) bond motifs is 1. The van der Waals surface area contributed by atoms with Crippen molar-refractivity contribution >= 4 is 40.7 Å². The number of anilines is 2. The number of methoxy groups -OCH3 is 1. The van der Waals surface area contributed by atoms with Gasteiger partial charge in [-0.1, -0.05) is 0 Å². The molecule has 1 aliphatic rings. The number of benzene rings is 1. The van der Waals surface area contributed by atoms with E-state index in [1.54, 1.807) is 28.8 Å². The molecular formula is C21H22ClF3N4O3. The molecule has 32 heavy (non-hydrogen) atoms. The van der Waals surface area contributed by atoms with Gasteiger partial charge < -0.3 is 24.3 Å². The smallest absolute Gasteiger partial charge is 0.416 e. The first-order valence-corrected chi connectivity index (χ1v) is 9.63. The van der Waals surface area contributed by atoms with E-state index in [0.717, 1.165) is 12.1 Å². The van der Waals surface area contributed by atoms with Crippen LogP contribution in [0.4, 0.5) is 24.7 Å². The van der Waals surface area contributed by atoms with Crippen molar-refractivity contribution in [3.8, 4) is 5.75 Å². The number of nitrogens with one attached hydrogen (secondary N) is 1. The average Bonchev–Trinajstić information content (AvgIpc) is 3.15. The van der Waals surface area contributed by atoms with Gasteiger partial charge in [0.15, 0.2) is 0 Å². The number of amides is 1. The predicted octanol–water partition coefficient (Wildman–Crippen LogP) is 4.24. The fraction of sp³-hybridized carbons (Fsp3) is 0.333. The molecule has 11 heteroatoms. The van der Waals surface area contributed by atoms with Gasteiger partial charge in [0.1, 0.15) is 11.6 Å². The van der Waals surface area contributed by atoms with Crippen LogP contribution in [0.5, 0.6) is 5.75 Å². The molecule has 172 valence electrons. The second kappa shape index (κ2) is 9.25. The van der Waals surface area contributed by atoms with Crippen LogP contribution in [0.1, 0.15) is 15.9 Å². The van der Waals surface area contributed by atoms with Crippen molar-refractivity contribution < 1.29 is 27.4 Å². The minimum atomic E-state index is -4.49. The number of carbonyl (C=O) groups is 1. The van der Waals surface area contributed by atoms with E-state index in [2.05, 4.69) is 10.3 Å². The average molecular weight is 471 g/mol. The Morgan fingerprint density at radius 1 is 1.22 bits per heavy atom. The molecule has 0 spiro atoms. The van der Waals surface area contributed by atoms with Crippen LogP contribution in [0.3, 0.4) is 0 Å². The minimum Gasteiger partial charge on any atom is -0.495 e. The Hall–Kier alpha value is -2.98. The molecule has 0 aliphatic carbocycles. The SMILES string of the molecule is COc1ccc(C(F)(F)F)cc1Nc1ncc(C(=O)N2CCOCC2)c2c1ccn2C.Cl. The molecule has 1 saturated heterocycles. The van der Waals surface area contributed by atoms with Crippen LogP contribution in [-0.2, 0) is 18.0 Å². The maximum absolute atomic E-state index is 13.2. The molecule has 0 atom stereocenters. The zero-order valence-electron chi connectivity index (χ0n) is 17.4. The number of hydrogen-bond donors (Lipinski definition) is 1. The minimum absolute atomic E-state index is 0. The van der Waals surface area contributed by atoms with E-state index in [0.29, 0.717) is 48.6 Å². The first-order valence-electron chi connectivity index (χ1n) is 9.63. The largest absolute Gasteiger partial charge is 0.495 e. The molecule has 1 fully saturated rings. The summed E-state index contributed by atoms with van der Waals surface area (Å²) < 4.78 is 51.8. The summed E-state index contributed by atoms with van der Waals surface area (Å²) in [7, 11) is 3.18. The fourth-order valence-corrected chi connectivity index (χ4v) is 3.62. The Morgan fingerprint density at radius 3 is 2.59 bits per heavy atom. The number of halogens is 4. The number of aryl methyl sites for hydroxylation is 1. The summed E-state index contributed by atoms with van der Waals surface area (Å²) in [6, 6.07) is 4.95. The van der Waals surface area contributed by atoms with Crippen molar-refractivity contribution in [3.05, 3.63) is 47.8 Å². The third-order valence-corrected chi connectivity index (χ3v) is 5.21. The zero-order valence-corrected chi connectivity index (χ0v) is 18.2. The molecule has 3 heterocycles. The van der Waals surface area contributed by atoms with Crippen molar-refractivity contribution in [2.75, 3.05) is 38.7 Å². The van der Waals surface area contributed by atoms with Crippen LogP contribution in [0.2, 0.25) is 0 Å². The van der Waals surface area contributed by atoms with Crippen LogP contribution in [0, 0.1) is 0 Å². The molecule has 2 aromatic heterocycles. The lowest BCUT2D eigenvalue weighted by atomic mass is 10.1. The lowest BCUT2D eigenvalue weighted by molar-refractivity contribution is -0.137. The molecule has 1 amide bonds. The molecule has 0 saturated carbocycles. The molecular weight excluding hydrogens is 449 g/mol. The van der Waals surface area contributed by atoms with Gasteiger partial charge in [0.2, 0.25) is 0 Å². The van der Waals surface area contributed by atoms with Crippen molar-refractivity contribution in [2.24, 2.45) is 7.05 Å². The van der Waals surface area contributed by atoms with Crippen LogP contribution < -0.4 is 10.1 Å². The normalized spacial score (nSPS) is 14.2. The van der Waals surface area contributed by atoms with Crippen LogP contribution in [-0.4, -0.2) is 53.8 Å². The van der Waals surface area contributed by atoms with Gasteiger partial charge in [-0.15, -0.1) is 12.4 Å². The third kappa shape index (κ3) is 4.46. The van der Waals surface area contributed by atoms with E-state index in [1.807, 2.05) is 0 Å². The van der Waals surface area contributed by atoms with Gasteiger partial charge in [0, 0.05) is 37.9 Å². The van der Waals surface area contributed by atoms with E-state index in [9.17, 15) is 18.0 Å². The summed E-state index contributed by atoms with van der Waals surface area (Å²) in [6.07, 6.45) is -1.27. The molecule has 1 N–H and O–H groups in total. The van der Waals surface area contributed by atoms with Crippen LogP contribution in [0.25, 0.3) is 10.9 Å². The Morgan fingerprint density at radius 2 is 1.94 bits per heavy atom. The Kier molecular flexibility index (Phi) is 6.85. The van der Waals surface area contributed by atoms with Crippen molar-refractivity contribution in [1.82, 2.24) is 14.5 Å². The number of rotatable bonds is 4. The van der Waals surface area contributed by atoms with E-state index >= 15 is 0 Å². The van der Waals surface area contributed by atoms with Crippen LogP contribution >= 0.6 is 12.4 Å². The Labute approximate surface area is 188 Å². The molecule has 3 aromatic rings. The summed E-state index contributed by atoms with van der Waals surface area (Å²) in [6.45, 7) is 1.94. The Bertz CT molecular complexity index is 1130. The molecule has 0 radical (unpaired) electrons. The quantitative estimate of drug-likeness (QED) is 0.617. The van der Waals surface area contributed by atoms with E-state index in [1.165, 1.54) is 19.4 Å². The van der Waals surface area contributed by atoms with Gasteiger partial charge in [0.05, 0.1) is 42.7 Å². The number of aromatic nitrogens is 2. The number of ether oxygens (including phenoxy) is 2. The summed E-state index contributed by atoms with van der Waals surface area (Å²) in [5.74, 6) is 0.407. The number of morpholine rings is 1. The van der Waals surface area contributed by atoms with Gasteiger partial charge in [-0.2, -0.15) is 13.2 Å². The van der Waals surface area contributed by atoms with Crippen LogP contribution in [0.15, 0.2) is 36.7 Å². The lowest BCUT2D eigenvalue weighted by Crippen LogP contribution is -2.40. The molecule has 4 rings (SSSR count). The number of pyridine rings is 1. The van der Waals surface area contributed by atoms with Gasteiger partial charge in [0.25, 0.3) is 5.91 Å². The van der Waals surface area contributed by atoms with E-state index in [-0.39, 0.29) is 29.8 Å². The summed E-state index contributed by atoms with van der Waals surface area (Å²) in [5, 5.41) is 3.56.